The van der Waals surface area contributed by atoms with Crippen LogP contribution in [0.5, 0.6) is 0 Å². The zero-order chi connectivity index (χ0) is 8.85. The van der Waals surface area contributed by atoms with E-state index in [4.69, 9.17) is 20.1 Å². The Balaban J connectivity index is 0.000000218. The minimum atomic E-state index is -0.833. The van der Waals surface area contributed by atoms with Crippen LogP contribution in [0.3, 0.4) is 0 Å². The maximum Gasteiger partial charge on any atom is 0.300 e. The molecule has 11 heavy (non-hydrogen) atoms. The fourth-order valence-electron chi connectivity index (χ4n) is 0.935. The normalized spacial score (nSPS) is 29.0. The average molecular weight is 162 g/mol. The van der Waals surface area contributed by atoms with Gasteiger partial charge in [0.1, 0.15) is 0 Å². The SMILES string of the molecule is CC(=O)O.O[C@@H]1CC[C@H](O)C1. The van der Waals surface area contributed by atoms with E-state index >= 15 is 0 Å². The molecule has 0 aromatic rings. The van der Waals surface area contributed by atoms with E-state index in [1.54, 1.807) is 0 Å². The fourth-order valence-corrected chi connectivity index (χ4v) is 0.935. The van der Waals surface area contributed by atoms with Crippen LogP contribution in [0, 0.1) is 0 Å². The van der Waals surface area contributed by atoms with Crippen LogP contribution in [-0.2, 0) is 4.79 Å². The Morgan fingerprint density at radius 3 is 1.64 bits per heavy atom. The second-order valence-corrected chi connectivity index (χ2v) is 2.64. The molecular formula is C7H14O4. The molecule has 1 rings (SSSR count). The van der Waals surface area contributed by atoms with Gasteiger partial charge in [0.05, 0.1) is 12.2 Å². The lowest BCUT2D eigenvalue weighted by Crippen LogP contribution is -2.02. The summed E-state index contributed by atoms with van der Waals surface area (Å²) in [6.07, 6.45) is 1.69. The third-order valence-electron chi connectivity index (χ3n) is 1.38. The molecule has 1 aliphatic rings. The van der Waals surface area contributed by atoms with Crippen LogP contribution >= 0.6 is 0 Å². The first-order valence-electron chi connectivity index (χ1n) is 3.58. The molecule has 66 valence electrons. The number of aliphatic carboxylic acids is 1. The standard InChI is InChI=1S/C5H10O2.C2H4O2/c6-4-1-2-5(7)3-4;1-2(3)4/h4-7H,1-3H2;1H3,(H,3,4)/t4-,5+;. The van der Waals surface area contributed by atoms with Crippen LogP contribution in [0.1, 0.15) is 26.2 Å². The van der Waals surface area contributed by atoms with Gasteiger partial charge in [0.15, 0.2) is 0 Å². The highest BCUT2D eigenvalue weighted by Crippen LogP contribution is 2.17. The van der Waals surface area contributed by atoms with Crippen LogP contribution < -0.4 is 0 Å². The highest BCUT2D eigenvalue weighted by atomic mass is 16.4. The van der Waals surface area contributed by atoms with Gasteiger partial charge in [-0.05, 0) is 19.3 Å². The molecule has 0 aliphatic heterocycles. The predicted molar refractivity (Wildman–Crippen MR) is 39.2 cm³/mol. The maximum absolute atomic E-state index is 9.00. The van der Waals surface area contributed by atoms with E-state index in [1.807, 2.05) is 0 Å². The Bertz CT molecular complexity index is 112. The van der Waals surface area contributed by atoms with Gasteiger partial charge in [0, 0.05) is 6.92 Å². The van der Waals surface area contributed by atoms with Crippen molar-refractivity contribution in [2.24, 2.45) is 0 Å². The lowest BCUT2D eigenvalue weighted by molar-refractivity contribution is -0.134. The molecular weight excluding hydrogens is 148 g/mol. The van der Waals surface area contributed by atoms with Crippen LogP contribution in [0.25, 0.3) is 0 Å². The van der Waals surface area contributed by atoms with Crippen molar-refractivity contribution in [2.75, 3.05) is 0 Å². The van der Waals surface area contributed by atoms with E-state index in [0.717, 1.165) is 19.8 Å². The number of rotatable bonds is 0. The summed E-state index contributed by atoms with van der Waals surface area (Å²) in [5.74, 6) is -0.833. The summed E-state index contributed by atoms with van der Waals surface area (Å²) < 4.78 is 0. The van der Waals surface area contributed by atoms with Gasteiger partial charge >= 0.3 is 0 Å². The first-order chi connectivity index (χ1) is 5.02. The van der Waals surface area contributed by atoms with E-state index in [0.29, 0.717) is 6.42 Å². The topological polar surface area (TPSA) is 77.8 Å². The smallest absolute Gasteiger partial charge is 0.300 e. The summed E-state index contributed by atoms with van der Waals surface area (Å²) in [6, 6.07) is 0. The lowest BCUT2D eigenvalue weighted by Gasteiger charge is -1.95. The molecule has 3 N–H and O–H groups in total. The number of carboxylic acids is 1. The van der Waals surface area contributed by atoms with Gasteiger partial charge in [0.25, 0.3) is 5.97 Å². The largest absolute Gasteiger partial charge is 0.481 e. The fraction of sp³-hybridized carbons (Fsp3) is 0.857. The summed E-state index contributed by atoms with van der Waals surface area (Å²) in [5, 5.41) is 24.9. The number of hydrogen-bond donors (Lipinski definition) is 3. The molecule has 0 amide bonds. The number of aliphatic hydroxyl groups is 2. The van der Waals surface area contributed by atoms with Crippen molar-refractivity contribution in [1.29, 1.82) is 0 Å². The molecule has 1 aliphatic carbocycles. The van der Waals surface area contributed by atoms with Gasteiger partial charge in [-0.3, -0.25) is 4.79 Å². The average Bonchev–Trinajstić information content (AvgIpc) is 2.13. The van der Waals surface area contributed by atoms with Crippen molar-refractivity contribution < 1.29 is 20.1 Å². The third-order valence-corrected chi connectivity index (χ3v) is 1.38. The molecule has 1 saturated carbocycles. The predicted octanol–water partition coefficient (Wildman–Crippen LogP) is -0.0170. The van der Waals surface area contributed by atoms with E-state index in [9.17, 15) is 0 Å². The van der Waals surface area contributed by atoms with E-state index in [2.05, 4.69) is 0 Å². The Labute approximate surface area is 65.5 Å². The number of carboxylic acid groups (broad SMARTS) is 1. The molecule has 4 heteroatoms. The number of carbonyl (C=O) groups is 1. The molecule has 0 heterocycles. The van der Waals surface area contributed by atoms with Gasteiger partial charge in [0.2, 0.25) is 0 Å². The zero-order valence-corrected chi connectivity index (χ0v) is 6.53. The maximum atomic E-state index is 9.00. The number of aliphatic hydroxyl groups excluding tert-OH is 2. The quantitative estimate of drug-likeness (QED) is 0.468. The Kier molecular flexibility index (Phi) is 4.81. The van der Waals surface area contributed by atoms with E-state index in [1.165, 1.54) is 0 Å². The molecule has 2 atom stereocenters. The highest BCUT2D eigenvalue weighted by molar-refractivity contribution is 5.62. The summed E-state index contributed by atoms with van der Waals surface area (Å²) >= 11 is 0. The minimum Gasteiger partial charge on any atom is -0.481 e. The van der Waals surface area contributed by atoms with Crippen molar-refractivity contribution in [3.8, 4) is 0 Å². The van der Waals surface area contributed by atoms with Crippen LogP contribution in [-0.4, -0.2) is 33.5 Å². The highest BCUT2D eigenvalue weighted by Gasteiger charge is 2.19. The minimum absolute atomic E-state index is 0.227. The van der Waals surface area contributed by atoms with Gasteiger partial charge < -0.3 is 15.3 Å². The summed E-state index contributed by atoms with van der Waals surface area (Å²) in [6.45, 7) is 1.08. The number of hydrogen-bond acceptors (Lipinski definition) is 3. The summed E-state index contributed by atoms with van der Waals surface area (Å²) in [5.41, 5.74) is 0. The van der Waals surface area contributed by atoms with Crippen molar-refractivity contribution in [2.45, 2.75) is 38.4 Å². The monoisotopic (exact) mass is 162 g/mol. The zero-order valence-electron chi connectivity index (χ0n) is 6.53. The van der Waals surface area contributed by atoms with E-state index in [-0.39, 0.29) is 12.2 Å². The van der Waals surface area contributed by atoms with Crippen molar-refractivity contribution >= 4 is 5.97 Å². The second-order valence-electron chi connectivity index (χ2n) is 2.64. The molecule has 0 aromatic heterocycles. The molecule has 0 unspecified atom stereocenters. The van der Waals surface area contributed by atoms with E-state index < -0.39 is 5.97 Å². The van der Waals surface area contributed by atoms with Crippen molar-refractivity contribution in [3.05, 3.63) is 0 Å². The summed E-state index contributed by atoms with van der Waals surface area (Å²) in [7, 11) is 0. The first kappa shape index (κ1) is 10.4. The van der Waals surface area contributed by atoms with Crippen molar-refractivity contribution in [3.63, 3.8) is 0 Å². The molecule has 0 spiro atoms. The molecule has 0 radical (unpaired) electrons. The van der Waals surface area contributed by atoms with Crippen LogP contribution in [0.4, 0.5) is 0 Å². The Morgan fingerprint density at radius 1 is 1.27 bits per heavy atom. The van der Waals surface area contributed by atoms with Crippen LogP contribution in [0.2, 0.25) is 0 Å². The lowest BCUT2D eigenvalue weighted by atomic mass is 10.3. The molecule has 1 fully saturated rings. The van der Waals surface area contributed by atoms with Crippen LogP contribution in [0.15, 0.2) is 0 Å². The van der Waals surface area contributed by atoms with Gasteiger partial charge in [-0.2, -0.15) is 0 Å². The first-order valence-corrected chi connectivity index (χ1v) is 3.58. The van der Waals surface area contributed by atoms with Gasteiger partial charge in [-0.25, -0.2) is 0 Å². The van der Waals surface area contributed by atoms with Gasteiger partial charge in [-0.1, -0.05) is 0 Å². The Morgan fingerprint density at radius 2 is 1.55 bits per heavy atom. The second kappa shape index (κ2) is 5.09. The van der Waals surface area contributed by atoms with Gasteiger partial charge in [-0.15, -0.1) is 0 Å². The third kappa shape index (κ3) is 7.29. The van der Waals surface area contributed by atoms with Crippen molar-refractivity contribution in [1.82, 2.24) is 0 Å². The molecule has 4 nitrogen and oxygen atoms in total. The Hall–Kier alpha value is -0.610. The molecule has 0 aromatic carbocycles. The molecule has 0 saturated heterocycles. The summed E-state index contributed by atoms with van der Waals surface area (Å²) in [4.78, 5) is 9.00. The molecule has 0 bridgehead atoms.